The van der Waals surface area contributed by atoms with Crippen molar-refractivity contribution in [1.29, 1.82) is 0 Å². The number of anilines is 1. The molecule has 0 bridgehead atoms. The minimum absolute atomic E-state index is 0.733. The molecule has 0 aromatic heterocycles. The van der Waals surface area contributed by atoms with Gasteiger partial charge in [0, 0.05) is 6.54 Å². The molecular weight excluding hydrogens is 137 g/mol. The second-order valence-electron chi connectivity index (χ2n) is 2.53. The SMILES string of the molecule is [B]c1ccc2c(c1)NCCO2. The molecule has 1 aromatic carbocycles. The molecular formula is C8H8BNO. The van der Waals surface area contributed by atoms with E-state index in [-0.39, 0.29) is 0 Å². The summed E-state index contributed by atoms with van der Waals surface area (Å²) in [6.45, 7) is 1.59. The van der Waals surface area contributed by atoms with E-state index in [1.807, 2.05) is 18.2 Å². The fourth-order valence-electron chi connectivity index (χ4n) is 1.16. The Labute approximate surface area is 67.0 Å². The first-order valence-electron chi connectivity index (χ1n) is 3.62. The molecule has 0 unspecified atom stereocenters. The zero-order chi connectivity index (χ0) is 7.68. The summed E-state index contributed by atoms with van der Waals surface area (Å²) in [5, 5.41) is 3.20. The predicted octanol–water partition coefficient (Wildman–Crippen LogP) is 0.285. The van der Waals surface area contributed by atoms with Crippen LogP contribution in [0.2, 0.25) is 0 Å². The lowest BCUT2D eigenvalue weighted by molar-refractivity contribution is 0.323. The van der Waals surface area contributed by atoms with Crippen molar-refractivity contribution in [3.8, 4) is 5.75 Å². The predicted molar refractivity (Wildman–Crippen MR) is 45.8 cm³/mol. The van der Waals surface area contributed by atoms with E-state index in [1.165, 1.54) is 0 Å². The lowest BCUT2D eigenvalue weighted by atomic mass is 9.95. The van der Waals surface area contributed by atoms with Gasteiger partial charge in [-0.05, 0) is 12.1 Å². The summed E-state index contributed by atoms with van der Waals surface area (Å²) in [6, 6.07) is 5.61. The third-order valence-electron chi connectivity index (χ3n) is 1.68. The Kier molecular flexibility index (Phi) is 1.49. The molecule has 0 saturated heterocycles. The summed E-state index contributed by atoms with van der Waals surface area (Å²) in [6.07, 6.45) is 0. The Morgan fingerprint density at radius 3 is 3.27 bits per heavy atom. The van der Waals surface area contributed by atoms with Crippen LogP contribution in [0.15, 0.2) is 18.2 Å². The standard InChI is InChI=1S/C8H8BNO/c9-6-1-2-8-7(5-6)10-3-4-11-8/h1-2,5,10H,3-4H2. The summed E-state index contributed by atoms with van der Waals surface area (Å²) in [4.78, 5) is 0. The van der Waals surface area contributed by atoms with Gasteiger partial charge in [-0.3, -0.25) is 0 Å². The highest BCUT2D eigenvalue weighted by atomic mass is 16.5. The molecule has 2 rings (SSSR count). The first-order valence-corrected chi connectivity index (χ1v) is 3.62. The quantitative estimate of drug-likeness (QED) is 0.529. The molecule has 0 atom stereocenters. The van der Waals surface area contributed by atoms with Crippen molar-refractivity contribution in [2.24, 2.45) is 0 Å². The Morgan fingerprint density at radius 2 is 2.36 bits per heavy atom. The van der Waals surface area contributed by atoms with Crippen LogP contribution in [-0.4, -0.2) is 21.0 Å². The molecule has 2 radical (unpaired) electrons. The molecule has 11 heavy (non-hydrogen) atoms. The maximum atomic E-state index is 5.59. The van der Waals surface area contributed by atoms with Gasteiger partial charge in [0.15, 0.2) is 0 Å². The van der Waals surface area contributed by atoms with E-state index >= 15 is 0 Å². The molecule has 2 nitrogen and oxygen atoms in total. The Morgan fingerprint density at radius 1 is 1.45 bits per heavy atom. The third kappa shape index (κ3) is 1.18. The minimum atomic E-state index is 0.733. The summed E-state index contributed by atoms with van der Waals surface area (Å²) >= 11 is 0. The first-order chi connectivity index (χ1) is 5.36. The maximum Gasteiger partial charge on any atom is 0.142 e. The second-order valence-corrected chi connectivity index (χ2v) is 2.53. The monoisotopic (exact) mass is 145 g/mol. The van der Waals surface area contributed by atoms with Crippen molar-refractivity contribution < 1.29 is 4.74 Å². The Bertz CT molecular complexity index is 275. The zero-order valence-electron chi connectivity index (χ0n) is 6.13. The molecule has 3 heteroatoms. The van der Waals surface area contributed by atoms with Crippen molar-refractivity contribution in [1.82, 2.24) is 0 Å². The lowest BCUT2D eigenvalue weighted by Crippen LogP contribution is -2.19. The molecule has 1 aromatic rings. The molecule has 1 aliphatic heterocycles. The van der Waals surface area contributed by atoms with Crippen molar-refractivity contribution >= 4 is 19.0 Å². The Balaban J connectivity index is 2.43. The molecule has 1 heterocycles. The van der Waals surface area contributed by atoms with Gasteiger partial charge in [-0.2, -0.15) is 0 Å². The van der Waals surface area contributed by atoms with E-state index in [1.54, 1.807) is 0 Å². The number of benzene rings is 1. The van der Waals surface area contributed by atoms with Crippen LogP contribution < -0.4 is 15.5 Å². The number of hydrogen-bond acceptors (Lipinski definition) is 2. The summed E-state index contributed by atoms with van der Waals surface area (Å²) in [5.74, 6) is 0.894. The highest BCUT2D eigenvalue weighted by Crippen LogP contribution is 2.24. The average molecular weight is 145 g/mol. The van der Waals surface area contributed by atoms with Crippen molar-refractivity contribution in [3.63, 3.8) is 0 Å². The van der Waals surface area contributed by atoms with Crippen molar-refractivity contribution in [2.45, 2.75) is 0 Å². The highest BCUT2D eigenvalue weighted by Gasteiger charge is 2.07. The molecule has 1 aliphatic rings. The molecule has 0 amide bonds. The van der Waals surface area contributed by atoms with Gasteiger partial charge in [-0.25, -0.2) is 0 Å². The van der Waals surface area contributed by atoms with E-state index in [0.717, 1.165) is 30.1 Å². The van der Waals surface area contributed by atoms with Crippen LogP contribution in [0.3, 0.4) is 0 Å². The molecule has 0 fully saturated rings. The van der Waals surface area contributed by atoms with Crippen LogP contribution in [-0.2, 0) is 0 Å². The topological polar surface area (TPSA) is 21.3 Å². The number of nitrogens with one attached hydrogen (secondary N) is 1. The smallest absolute Gasteiger partial charge is 0.142 e. The van der Waals surface area contributed by atoms with Gasteiger partial charge in [0.25, 0.3) is 0 Å². The zero-order valence-corrected chi connectivity index (χ0v) is 6.13. The van der Waals surface area contributed by atoms with Crippen LogP contribution in [0.5, 0.6) is 5.75 Å². The fraction of sp³-hybridized carbons (Fsp3) is 0.250. The summed E-state index contributed by atoms with van der Waals surface area (Å²) in [5.41, 5.74) is 1.76. The highest BCUT2D eigenvalue weighted by molar-refractivity contribution is 6.32. The molecule has 1 N–H and O–H groups in total. The van der Waals surface area contributed by atoms with E-state index < -0.39 is 0 Å². The summed E-state index contributed by atoms with van der Waals surface area (Å²) in [7, 11) is 5.59. The van der Waals surface area contributed by atoms with Crippen LogP contribution in [0.1, 0.15) is 0 Å². The molecule has 0 aliphatic carbocycles. The van der Waals surface area contributed by atoms with E-state index in [4.69, 9.17) is 12.6 Å². The average Bonchev–Trinajstić information content (AvgIpc) is 2.04. The fourth-order valence-corrected chi connectivity index (χ4v) is 1.16. The van der Waals surface area contributed by atoms with Gasteiger partial charge < -0.3 is 10.1 Å². The normalized spacial score (nSPS) is 14.5. The second kappa shape index (κ2) is 2.49. The third-order valence-corrected chi connectivity index (χ3v) is 1.68. The number of hydrogen-bond donors (Lipinski definition) is 1. The van der Waals surface area contributed by atoms with Gasteiger partial charge in [0.05, 0.1) is 5.69 Å². The minimum Gasteiger partial charge on any atom is -0.490 e. The molecule has 54 valence electrons. The van der Waals surface area contributed by atoms with E-state index in [2.05, 4.69) is 5.32 Å². The first kappa shape index (κ1) is 6.59. The van der Waals surface area contributed by atoms with Crippen LogP contribution in [0.25, 0.3) is 0 Å². The maximum absolute atomic E-state index is 5.59. The molecule has 0 spiro atoms. The van der Waals surface area contributed by atoms with Crippen molar-refractivity contribution in [2.75, 3.05) is 18.5 Å². The summed E-state index contributed by atoms with van der Waals surface area (Å²) < 4.78 is 5.36. The number of rotatable bonds is 0. The van der Waals surface area contributed by atoms with Gasteiger partial charge >= 0.3 is 0 Å². The van der Waals surface area contributed by atoms with Crippen LogP contribution in [0, 0.1) is 0 Å². The van der Waals surface area contributed by atoms with Gasteiger partial charge in [0.1, 0.15) is 20.2 Å². The van der Waals surface area contributed by atoms with Crippen LogP contribution in [0.4, 0.5) is 5.69 Å². The largest absolute Gasteiger partial charge is 0.490 e. The van der Waals surface area contributed by atoms with Crippen molar-refractivity contribution in [3.05, 3.63) is 18.2 Å². The van der Waals surface area contributed by atoms with Crippen LogP contribution >= 0.6 is 0 Å². The number of ether oxygens (including phenoxy) is 1. The number of fused-ring (bicyclic) bond motifs is 1. The van der Waals surface area contributed by atoms with Gasteiger partial charge in [-0.1, -0.05) is 11.5 Å². The van der Waals surface area contributed by atoms with E-state index in [9.17, 15) is 0 Å². The van der Waals surface area contributed by atoms with Gasteiger partial charge in [0.2, 0.25) is 0 Å². The van der Waals surface area contributed by atoms with Gasteiger partial charge in [-0.15, -0.1) is 0 Å². The van der Waals surface area contributed by atoms with E-state index in [0.29, 0.717) is 0 Å². The molecule has 0 saturated carbocycles. The lowest BCUT2D eigenvalue weighted by Gasteiger charge is -2.19. The Hall–Kier alpha value is -1.12.